The summed E-state index contributed by atoms with van der Waals surface area (Å²) in [7, 11) is 0. The van der Waals surface area contributed by atoms with Crippen LogP contribution >= 0.6 is 46.4 Å². The van der Waals surface area contributed by atoms with Crippen LogP contribution in [0.1, 0.15) is 44.2 Å². The van der Waals surface area contributed by atoms with Crippen LogP contribution in [0.4, 0.5) is 0 Å². The number of ether oxygens (including phenoxy) is 3. The van der Waals surface area contributed by atoms with Crippen LogP contribution in [-0.2, 0) is 4.84 Å². The van der Waals surface area contributed by atoms with Crippen molar-refractivity contribution in [3.05, 3.63) is 92.5 Å². The van der Waals surface area contributed by atoms with Gasteiger partial charge >= 0.3 is 0 Å². The summed E-state index contributed by atoms with van der Waals surface area (Å²) in [6.07, 6.45) is 5.63. The lowest BCUT2D eigenvalue weighted by Crippen LogP contribution is -2.09. The van der Waals surface area contributed by atoms with Gasteiger partial charge < -0.3 is 19.0 Å². The molecule has 0 bridgehead atoms. The van der Waals surface area contributed by atoms with E-state index in [0.717, 1.165) is 36.1 Å². The molecule has 2 aromatic carbocycles. The summed E-state index contributed by atoms with van der Waals surface area (Å²) in [6, 6.07) is 16.9. The minimum absolute atomic E-state index is 0.0210. The molecule has 3 rings (SSSR count). The third-order valence-electron chi connectivity index (χ3n) is 5.45. The fourth-order valence-electron chi connectivity index (χ4n) is 3.20. The lowest BCUT2D eigenvalue weighted by Gasteiger charge is -2.12. The van der Waals surface area contributed by atoms with Crippen molar-refractivity contribution in [3.63, 3.8) is 0 Å². The average molecular weight is 612 g/mol. The van der Waals surface area contributed by atoms with Gasteiger partial charge in [-0.15, -0.1) is 0 Å². The van der Waals surface area contributed by atoms with E-state index in [1.54, 1.807) is 18.3 Å². The highest BCUT2D eigenvalue weighted by Crippen LogP contribution is 2.37. The van der Waals surface area contributed by atoms with Gasteiger partial charge in [-0.05, 0) is 38.3 Å². The maximum absolute atomic E-state index is 6.31. The zero-order valence-corrected chi connectivity index (χ0v) is 24.7. The van der Waals surface area contributed by atoms with Crippen LogP contribution in [0.3, 0.4) is 0 Å². The number of hydrogen-bond acceptors (Lipinski definition) is 6. The number of unbranched alkanes of at least 4 members (excludes halogenated alkanes) is 1. The first kappa shape index (κ1) is 30.9. The Morgan fingerprint density at radius 1 is 0.923 bits per heavy atom. The third-order valence-corrected chi connectivity index (χ3v) is 6.32. The Morgan fingerprint density at radius 2 is 1.62 bits per heavy atom. The highest BCUT2D eigenvalue weighted by atomic mass is 35.5. The van der Waals surface area contributed by atoms with Crippen molar-refractivity contribution in [2.75, 3.05) is 19.8 Å². The number of oxime groups is 1. The van der Waals surface area contributed by atoms with E-state index in [-0.39, 0.29) is 17.2 Å². The molecule has 0 amide bonds. The van der Waals surface area contributed by atoms with Crippen molar-refractivity contribution >= 4 is 52.1 Å². The van der Waals surface area contributed by atoms with Crippen molar-refractivity contribution < 1.29 is 19.0 Å². The minimum atomic E-state index is 0.0210. The predicted molar refractivity (Wildman–Crippen MR) is 159 cm³/mol. The van der Waals surface area contributed by atoms with Gasteiger partial charge in [-0.2, -0.15) is 0 Å². The summed E-state index contributed by atoms with van der Waals surface area (Å²) in [4.78, 5) is 10.1. The van der Waals surface area contributed by atoms with E-state index in [0.29, 0.717) is 40.6 Å². The minimum Gasteiger partial charge on any atom is -0.490 e. The van der Waals surface area contributed by atoms with Crippen molar-refractivity contribution in [1.82, 2.24) is 4.98 Å². The summed E-state index contributed by atoms with van der Waals surface area (Å²) >= 11 is 23.8. The van der Waals surface area contributed by atoms with E-state index < -0.39 is 0 Å². The Morgan fingerprint density at radius 3 is 2.23 bits per heavy atom. The Labute approximate surface area is 249 Å². The molecule has 208 valence electrons. The molecule has 1 atom stereocenters. The van der Waals surface area contributed by atoms with Crippen LogP contribution in [0.25, 0.3) is 0 Å². The molecule has 1 unspecified atom stereocenters. The van der Waals surface area contributed by atoms with E-state index in [2.05, 4.69) is 17.1 Å². The van der Waals surface area contributed by atoms with Gasteiger partial charge in [-0.25, -0.2) is 4.98 Å². The van der Waals surface area contributed by atoms with Crippen LogP contribution in [-0.4, -0.2) is 36.6 Å². The van der Waals surface area contributed by atoms with Crippen LogP contribution in [0.15, 0.2) is 76.5 Å². The first-order valence-electron chi connectivity index (χ1n) is 12.5. The van der Waals surface area contributed by atoms with Gasteiger partial charge in [0.05, 0.1) is 23.3 Å². The van der Waals surface area contributed by atoms with Gasteiger partial charge in [0.1, 0.15) is 28.7 Å². The molecule has 1 aromatic heterocycles. The standard InChI is InChI=1S/C29H30Cl4N2O4/c1-3-20(2)39-35-28(21-9-5-4-6-10-21)22-11-12-27(34-19-22)37-14-7-8-15-38-29-24(30)17-23(18-25(29)31)36-16-13-26(32)33/h4-6,9-13,17-20H,3,7-8,14-16H2,1-2H3. The topological polar surface area (TPSA) is 62.2 Å². The first-order chi connectivity index (χ1) is 18.9. The van der Waals surface area contributed by atoms with Crippen molar-refractivity contribution in [2.24, 2.45) is 5.16 Å². The molecular weight excluding hydrogens is 582 g/mol. The third kappa shape index (κ3) is 10.5. The van der Waals surface area contributed by atoms with Gasteiger partial charge in [0.2, 0.25) is 5.88 Å². The van der Waals surface area contributed by atoms with E-state index in [4.69, 9.17) is 65.5 Å². The molecule has 0 aliphatic carbocycles. The molecule has 1 heterocycles. The van der Waals surface area contributed by atoms with Gasteiger partial charge in [0.15, 0.2) is 5.75 Å². The summed E-state index contributed by atoms with van der Waals surface area (Å²) < 4.78 is 17.2. The monoisotopic (exact) mass is 610 g/mol. The molecule has 0 spiro atoms. The molecule has 0 aliphatic heterocycles. The van der Waals surface area contributed by atoms with Gasteiger partial charge in [0, 0.05) is 35.5 Å². The number of rotatable bonds is 15. The lowest BCUT2D eigenvalue weighted by molar-refractivity contribution is 0.0702. The number of halogens is 4. The average Bonchev–Trinajstić information content (AvgIpc) is 2.93. The van der Waals surface area contributed by atoms with Crippen molar-refractivity contribution in [2.45, 2.75) is 39.2 Å². The number of aromatic nitrogens is 1. The van der Waals surface area contributed by atoms with Gasteiger partial charge in [-0.3, -0.25) is 0 Å². The maximum Gasteiger partial charge on any atom is 0.213 e. The second kappa shape index (κ2) is 16.5. The zero-order valence-electron chi connectivity index (χ0n) is 21.7. The summed E-state index contributed by atoms with van der Waals surface area (Å²) in [5, 5.41) is 5.11. The number of benzene rings is 2. The zero-order chi connectivity index (χ0) is 28.0. The normalized spacial score (nSPS) is 12.0. The van der Waals surface area contributed by atoms with Crippen molar-refractivity contribution in [1.29, 1.82) is 0 Å². The summed E-state index contributed by atoms with van der Waals surface area (Å²) in [5.74, 6) is 1.42. The summed E-state index contributed by atoms with van der Waals surface area (Å²) in [5.41, 5.74) is 2.52. The number of hydrogen-bond donors (Lipinski definition) is 0. The second-order valence-electron chi connectivity index (χ2n) is 8.44. The molecule has 39 heavy (non-hydrogen) atoms. The molecule has 0 radical (unpaired) electrons. The summed E-state index contributed by atoms with van der Waals surface area (Å²) in [6.45, 7) is 5.15. The number of nitrogens with zero attached hydrogens (tertiary/aromatic N) is 2. The van der Waals surface area contributed by atoms with Crippen molar-refractivity contribution in [3.8, 4) is 17.4 Å². The Hall–Kier alpha value is -2.64. The number of pyridine rings is 1. The molecule has 3 aromatic rings. The largest absolute Gasteiger partial charge is 0.490 e. The molecule has 0 fully saturated rings. The smallest absolute Gasteiger partial charge is 0.213 e. The van der Waals surface area contributed by atoms with Crippen LogP contribution in [0.5, 0.6) is 17.4 Å². The maximum atomic E-state index is 6.31. The fourth-order valence-corrected chi connectivity index (χ4v) is 3.91. The molecular formula is C29H30Cl4N2O4. The fraction of sp³-hybridized carbons (Fsp3) is 0.310. The van der Waals surface area contributed by atoms with E-state index in [1.807, 2.05) is 49.4 Å². The SMILES string of the molecule is CCC(C)ON=C(c1ccccc1)c1ccc(OCCCCOc2c(Cl)cc(OCC=C(Cl)Cl)cc2Cl)nc1. The first-order valence-corrected chi connectivity index (χ1v) is 14.0. The Kier molecular flexibility index (Phi) is 13.0. The Bertz CT molecular complexity index is 1210. The highest BCUT2D eigenvalue weighted by molar-refractivity contribution is 6.55. The molecule has 0 saturated heterocycles. The van der Waals surface area contributed by atoms with Crippen LogP contribution < -0.4 is 14.2 Å². The predicted octanol–water partition coefficient (Wildman–Crippen LogP) is 8.89. The van der Waals surface area contributed by atoms with Crippen LogP contribution in [0, 0.1) is 0 Å². The van der Waals surface area contributed by atoms with E-state index >= 15 is 0 Å². The quantitative estimate of drug-likeness (QED) is 0.0975. The Balaban J connectivity index is 1.47. The molecule has 0 saturated carbocycles. The van der Waals surface area contributed by atoms with Gasteiger partial charge in [-0.1, -0.05) is 88.8 Å². The van der Waals surface area contributed by atoms with Gasteiger partial charge in [0.25, 0.3) is 0 Å². The van der Waals surface area contributed by atoms with Crippen LogP contribution in [0.2, 0.25) is 10.0 Å². The lowest BCUT2D eigenvalue weighted by atomic mass is 10.0. The molecule has 0 aliphatic rings. The molecule has 6 nitrogen and oxygen atoms in total. The molecule has 10 heteroatoms. The van der Waals surface area contributed by atoms with E-state index in [9.17, 15) is 0 Å². The molecule has 0 N–H and O–H groups in total. The highest BCUT2D eigenvalue weighted by Gasteiger charge is 2.12. The van der Waals surface area contributed by atoms with E-state index in [1.165, 1.54) is 6.08 Å². The second-order valence-corrected chi connectivity index (χ2v) is 10.3.